The molecule has 136 valence electrons. The van der Waals surface area contributed by atoms with Gasteiger partial charge < -0.3 is 19.5 Å². The smallest absolute Gasteiger partial charge is 0.176 e. The second-order valence-corrected chi connectivity index (χ2v) is 6.60. The van der Waals surface area contributed by atoms with Crippen LogP contribution in [0.1, 0.15) is 5.56 Å². The van der Waals surface area contributed by atoms with Crippen molar-refractivity contribution in [1.29, 1.82) is 0 Å². The molecule has 1 aliphatic heterocycles. The van der Waals surface area contributed by atoms with Gasteiger partial charge in [-0.05, 0) is 24.3 Å². The number of aromatic nitrogens is 1. The third-order valence-corrected chi connectivity index (χ3v) is 5.21. The number of ether oxygens (including phenoxy) is 2. The third-order valence-electron chi connectivity index (χ3n) is 4.10. The van der Waals surface area contributed by atoms with Gasteiger partial charge in [-0.25, -0.2) is 9.98 Å². The number of benzene rings is 1. The van der Waals surface area contributed by atoms with Crippen LogP contribution in [0, 0.1) is 0 Å². The molecular formula is C19H21N3O3S. The van der Waals surface area contributed by atoms with Gasteiger partial charge in [0, 0.05) is 18.3 Å². The van der Waals surface area contributed by atoms with Gasteiger partial charge in [0.2, 0.25) is 0 Å². The molecule has 0 spiro atoms. The van der Waals surface area contributed by atoms with Crippen LogP contribution in [0.15, 0.2) is 60.2 Å². The van der Waals surface area contributed by atoms with E-state index in [1.54, 1.807) is 38.6 Å². The van der Waals surface area contributed by atoms with E-state index in [2.05, 4.69) is 16.6 Å². The first kappa shape index (κ1) is 18.3. The topological polar surface area (TPSA) is 67.2 Å². The van der Waals surface area contributed by atoms with Crippen LogP contribution in [0.25, 0.3) is 0 Å². The average molecular weight is 371 g/mol. The number of aliphatic hydroxyl groups is 1. The number of methoxy groups -OCH3 is 2. The van der Waals surface area contributed by atoms with E-state index in [1.165, 1.54) is 11.8 Å². The molecule has 1 unspecified atom stereocenters. The summed E-state index contributed by atoms with van der Waals surface area (Å²) in [6, 6.07) is 11.0. The molecule has 1 fully saturated rings. The first-order valence-electron chi connectivity index (χ1n) is 8.08. The molecule has 0 saturated carbocycles. The summed E-state index contributed by atoms with van der Waals surface area (Å²) >= 11 is 1.48. The van der Waals surface area contributed by atoms with E-state index in [4.69, 9.17) is 9.47 Å². The Hall–Kier alpha value is -2.51. The van der Waals surface area contributed by atoms with Crippen LogP contribution >= 0.6 is 11.8 Å². The highest BCUT2D eigenvalue weighted by atomic mass is 32.2. The Labute approximate surface area is 157 Å². The van der Waals surface area contributed by atoms with Crippen LogP contribution in [0.2, 0.25) is 0 Å². The van der Waals surface area contributed by atoms with Crippen molar-refractivity contribution in [2.45, 2.75) is 5.72 Å². The van der Waals surface area contributed by atoms with Gasteiger partial charge in [-0.15, -0.1) is 6.58 Å². The fourth-order valence-electron chi connectivity index (χ4n) is 2.77. The Morgan fingerprint density at radius 1 is 1.31 bits per heavy atom. The van der Waals surface area contributed by atoms with Crippen molar-refractivity contribution in [2.24, 2.45) is 4.99 Å². The summed E-state index contributed by atoms with van der Waals surface area (Å²) in [4.78, 5) is 10.6. The van der Waals surface area contributed by atoms with Gasteiger partial charge in [-0.3, -0.25) is 0 Å². The summed E-state index contributed by atoms with van der Waals surface area (Å²) in [6.07, 6.45) is 3.43. The Bertz CT molecular complexity index is 813. The van der Waals surface area contributed by atoms with Crippen LogP contribution in [0.5, 0.6) is 11.5 Å². The van der Waals surface area contributed by atoms with Gasteiger partial charge >= 0.3 is 0 Å². The summed E-state index contributed by atoms with van der Waals surface area (Å²) in [5.74, 6) is 2.21. The number of rotatable bonds is 6. The van der Waals surface area contributed by atoms with Crippen LogP contribution in [0.4, 0.5) is 5.82 Å². The molecule has 2 aromatic rings. The third kappa shape index (κ3) is 3.40. The van der Waals surface area contributed by atoms with E-state index in [0.717, 1.165) is 0 Å². The van der Waals surface area contributed by atoms with Crippen molar-refractivity contribution < 1.29 is 14.6 Å². The lowest BCUT2D eigenvalue weighted by Gasteiger charge is -2.34. The second-order valence-electron chi connectivity index (χ2n) is 5.66. The second kappa shape index (κ2) is 7.80. The van der Waals surface area contributed by atoms with E-state index >= 15 is 0 Å². The summed E-state index contributed by atoms with van der Waals surface area (Å²) in [5.41, 5.74) is -0.526. The number of amidine groups is 1. The molecule has 0 radical (unpaired) electrons. The van der Waals surface area contributed by atoms with Gasteiger partial charge in [-0.2, -0.15) is 0 Å². The maximum absolute atomic E-state index is 11.4. The zero-order valence-electron chi connectivity index (χ0n) is 14.8. The van der Waals surface area contributed by atoms with E-state index in [0.29, 0.717) is 40.3 Å². The predicted molar refractivity (Wildman–Crippen MR) is 104 cm³/mol. The minimum absolute atomic E-state index is 0.433. The minimum atomic E-state index is -1.23. The van der Waals surface area contributed by atoms with Crippen molar-refractivity contribution >= 4 is 22.7 Å². The van der Waals surface area contributed by atoms with Crippen molar-refractivity contribution in [3.05, 3.63) is 60.8 Å². The molecule has 1 atom stereocenters. The number of hydrogen-bond donors (Lipinski definition) is 1. The van der Waals surface area contributed by atoms with Crippen molar-refractivity contribution in [3.8, 4) is 11.5 Å². The number of pyridine rings is 1. The lowest BCUT2D eigenvalue weighted by Crippen LogP contribution is -2.45. The highest BCUT2D eigenvalue weighted by Crippen LogP contribution is 2.42. The lowest BCUT2D eigenvalue weighted by molar-refractivity contribution is -0.0423. The van der Waals surface area contributed by atoms with Crippen LogP contribution < -0.4 is 9.47 Å². The van der Waals surface area contributed by atoms with Crippen LogP contribution in [-0.2, 0) is 5.72 Å². The summed E-state index contributed by atoms with van der Waals surface area (Å²) in [7, 11) is 3.16. The van der Waals surface area contributed by atoms with Crippen LogP contribution in [-0.4, -0.2) is 46.7 Å². The summed E-state index contributed by atoms with van der Waals surface area (Å²) < 4.78 is 10.7. The molecule has 1 aliphatic rings. The molecule has 7 heteroatoms. The molecule has 6 nitrogen and oxygen atoms in total. The molecule has 2 heterocycles. The van der Waals surface area contributed by atoms with Crippen LogP contribution in [0.3, 0.4) is 0 Å². The van der Waals surface area contributed by atoms with Gasteiger partial charge in [0.15, 0.2) is 28.2 Å². The Morgan fingerprint density at radius 3 is 2.77 bits per heavy atom. The number of thioether (sulfide) groups is 1. The maximum atomic E-state index is 11.4. The van der Waals surface area contributed by atoms with Crippen molar-refractivity contribution in [1.82, 2.24) is 9.88 Å². The van der Waals surface area contributed by atoms with Crippen molar-refractivity contribution in [3.63, 3.8) is 0 Å². The predicted octanol–water partition coefficient (Wildman–Crippen LogP) is 3.17. The van der Waals surface area contributed by atoms with E-state index in [1.807, 2.05) is 29.2 Å². The summed E-state index contributed by atoms with van der Waals surface area (Å²) in [6.45, 7) is 4.26. The zero-order chi connectivity index (χ0) is 18.6. The Morgan fingerprint density at radius 2 is 2.12 bits per heavy atom. The maximum Gasteiger partial charge on any atom is 0.176 e. The minimum Gasteiger partial charge on any atom is -0.493 e. The largest absolute Gasteiger partial charge is 0.493 e. The molecule has 1 saturated heterocycles. The van der Waals surface area contributed by atoms with E-state index < -0.39 is 5.72 Å². The molecule has 0 aliphatic carbocycles. The molecule has 0 bridgehead atoms. The fourth-order valence-corrected chi connectivity index (χ4v) is 3.96. The standard InChI is InChI=1S/C19H21N3O3S/c1-4-11-22-18(21-17-7-5-6-10-20-17)26-13-19(22,23)14-8-9-15(24-2)16(12-14)25-3/h4-10,12,23H,1,11,13H2,2-3H3/b21-18+. The van der Waals surface area contributed by atoms with E-state index in [9.17, 15) is 5.11 Å². The Kier molecular flexibility index (Phi) is 5.49. The average Bonchev–Trinajstić information content (AvgIpc) is 2.99. The molecule has 1 aromatic heterocycles. The monoisotopic (exact) mass is 371 g/mol. The number of hydrogen-bond acceptors (Lipinski definition) is 6. The lowest BCUT2D eigenvalue weighted by atomic mass is 10.0. The van der Waals surface area contributed by atoms with Crippen molar-refractivity contribution in [2.75, 3.05) is 26.5 Å². The first-order valence-corrected chi connectivity index (χ1v) is 9.07. The van der Waals surface area contributed by atoms with Gasteiger partial charge in [-0.1, -0.05) is 30.0 Å². The van der Waals surface area contributed by atoms with Gasteiger partial charge in [0.1, 0.15) is 0 Å². The zero-order valence-corrected chi connectivity index (χ0v) is 15.6. The molecule has 0 amide bonds. The van der Waals surface area contributed by atoms with E-state index in [-0.39, 0.29) is 0 Å². The molecule has 3 rings (SSSR count). The highest BCUT2D eigenvalue weighted by Gasteiger charge is 2.44. The quantitative estimate of drug-likeness (QED) is 0.787. The molecule has 1 N–H and O–H groups in total. The molecule has 26 heavy (non-hydrogen) atoms. The Balaban J connectivity index is 2.00. The number of nitrogens with zero attached hydrogens (tertiary/aromatic N) is 3. The molecular weight excluding hydrogens is 350 g/mol. The number of aliphatic imine (C=N–C) groups is 1. The van der Waals surface area contributed by atoms with Gasteiger partial charge in [0.05, 0.1) is 20.0 Å². The highest BCUT2D eigenvalue weighted by molar-refractivity contribution is 8.14. The fraction of sp³-hybridized carbons (Fsp3) is 0.263. The SMILES string of the molecule is C=CCN1/C(=N\c2ccccn2)SCC1(O)c1ccc(OC)c(OC)c1. The molecule has 1 aromatic carbocycles. The van der Waals surface area contributed by atoms with Gasteiger partial charge in [0.25, 0.3) is 0 Å². The summed E-state index contributed by atoms with van der Waals surface area (Å²) in [5, 5.41) is 12.1. The first-order chi connectivity index (χ1) is 12.6. The normalized spacial score (nSPS) is 21.0.